The van der Waals surface area contributed by atoms with E-state index in [-0.39, 0.29) is 39.1 Å². The number of sulfone groups is 1. The number of amides is 2. The molecule has 0 saturated carbocycles. The molecule has 1 N–H and O–H groups in total. The molecule has 0 unspecified atom stereocenters. The van der Waals surface area contributed by atoms with E-state index < -0.39 is 15.7 Å². The maximum absolute atomic E-state index is 13.7. The summed E-state index contributed by atoms with van der Waals surface area (Å²) in [5, 5.41) is 3.99. The standard InChI is InChI=1S/C29H22Cl2N2O4S/c30-22-11-8-19(9-12-22)14-15-32-28(34)21-10-13-27-25(17-21)33(18-20-4-3-5-23(31)16-20)29(35)24-6-1-2-7-26(24)38(27,36)37/h1-13,16-17H,14-15,18H2,(H,32,34). The van der Waals surface area contributed by atoms with Gasteiger partial charge in [-0.3, -0.25) is 9.59 Å². The number of carbonyl (C=O) groups is 2. The van der Waals surface area contributed by atoms with Crippen LogP contribution in [0.25, 0.3) is 0 Å². The molecule has 0 fully saturated rings. The Labute approximate surface area is 230 Å². The van der Waals surface area contributed by atoms with E-state index in [1.165, 1.54) is 35.2 Å². The molecule has 0 spiro atoms. The van der Waals surface area contributed by atoms with E-state index in [1.54, 1.807) is 48.5 Å². The van der Waals surface area contributed by atoms with Gasteiger partial charge in [-0.2, -0.15) is 0 Å². The number of anilines is 1. The van der Waals surface area contributed by atoms with Crippen molar-refractivity contribution in [2.45, 2.75) is 22.8 Å². The lowest BCUT2D eigenvalue weighted by molar-refractivity contribution is 0.0950. The van der Waals surface area contributed by atoms with Gasteiger partial charge in [0.2, 0.25) is 9.84 Å². The maximum Gasteiger partial charge on any atom is 0.259 e. The van der Waals surface area contributed by atoms with Crippen molar-refractivity contribution < 1.29 is 18.0 Å². The van der Waals surface area contributed by atoms with Gasteiger partial charge < -0.3 is 10.2 Å². The molecule has 5 rings (SSSR count). The third-order valence-electron chi connectivity index (χ3n) is 6.30. The fraction of sp³-hybridized carbons (Fsp3) is 0.103. The lowest BCUT2D eigenvalue weighted by Crippen LogP contribution is -2.31. The summed E-state index contributed by atoms with van der Waals surface area (Å²) < 4.78 is 27.3. The maximum atomic E-state index is 13.7. The quantitative estimate of drug-likeness (QED) is 0.313. The number of hydrogen-bond donors (Lipinski definition) is 1. The number of halogens is 2. The average Bonchev–Trinajstić information content (AvgIpc) is 2.98. The van der Waals surface area contributed by atoms with Crippen LogP contribution >= 0.6 is 23.2 Å². The van der Waals surface area contributed by atoms with Crippen molar-refractivity contribution in [1.29, 1.82) is 0 Å². The minimum absolute atomic E-state index is 0.0458. The highest BCUT2D eigenvalue weighted by atomic mass is 35.5. The Morgan fingerprint density at radius 1 is 0.789 bits per heavy atom. The Morgan fingerprint density at radius 3 is 2.32 bits per heavy atom. The fourth-order valence-electron chi connectivity index (χ4n) is 4.40. The van der Waals surface area contributed by atoms with Gasteiger partial charge in [-0.1, -0.05) is 59.6 Å². The summed E-state index contributed by atoms with van der Waals surface area (Å²) >= 11 is 12.1. The first-order valence-electron chi connectivity index (χ1n) is 11.8. The molecule has 1 aliphatic rings. The number of nitrogens with zero attached hydrogens (tertiary/aromatic N) is 1. The van der Waals surface area contributed by atoms with Crippen LogP contribution in [0.1, 0.15) is 31.8 Å². The van der Waals surface area contributed by atoms with Crippen LogP contribution in [-0.2, 0) is 22.8 Å². The number of nitrogens with one attached hydrogen (secondary N) is 1. The normalized spacial score (nSPS) is 13.8. The number of carbonyl (C=O) groups excluding carboxylic acids is 2. The molecular weight excluding hydrogens is 543 g/mol. The molecule has 2 amide bonds. The van der Waals surface area contributed by atoms with Crippen molar-refractivity contribution in [3.63, 3.8) is 0 Å². The van der Waals surface area contributed by atoms with Gasteiger partial charge in [0.05, 0.1) is 27.6 Å². The van der Waals surface area contributed by atoms with Gasteiger partial charge in [0, 0.05) is 22.2 Å². The first-order chi connectivity index (χ1) is 18.2. The SMILES string of the molecule is O=C(NCCc1ccc(Cl)cc1)c1ccc2c(c1)N(Cc1cccc(Cl)c1)C(=O)c1ccccc1S2(=O)=O. The minimum atomic E-state index is -4.03. The summed E-state index contributed by atoms with van der Waals surface area (Å²) in [6.45, 7) is 0.435. The van der Waals surface area contributed by atoms with Crippen LogP contribution in [0.15, 0.2) is 101 Å². The summed E-state index contributed by atoms with van der Waals surface area (Å²) in [5.74, 6) is -0.862. The third kappa shape index (κ3) is 5.18. The first kappa shape index (κ1) is 26.0. The molecule has 0 aromatic heterocycles. The fourth-order valence-corrected chi connectivity index (χ4v) is 6.37. The van der Waals surface area contributed by atoms with Crippen LogP contribution in [0.5, 0.6) is 0 Å². The molecular formula is C29H22Cl2N2O4S. The zero-order valence-corrected chi connectivity index (χ0v) is 22.4. The van der Waals surface area contributed by atoms with Gasteiger partial charge >= 0.3 is 0 Å². The van der Waals surface area contributed by atoms with Crippen molar-refractivity contribution in [2.75, 3.05) is 11.4 Å². The molecule has 0 aliphatic carbocycles. The summed E-state index contributed by atoms with van der Waals surface area (Å²) in [5.41, 5.74) is 2.17. The Kier molecular flexibility index (Phi) is 7.25. The van der Waals surface area contributed by atoms with Gasteiger partial charge in [0.25, 0.3) is 11.8 Å². The Morgan fingerprint density at radius 2 is 1.55 bits per heavy atom. The third-order valence-corrected chi connectivity index (χ3v) is 8.64. The van der Waals surface area contributed by atoms with Crippen molar-refractivity contribution in [3.05, 3.63) is 123 Å². The number of fused-ring (bicyclic) bond motifs is 2. The minimum Gasteiger partial charge on any atom is -0.352 e. The van der Waals surface area contributed by atoms with Crippen LogP contribution in [0.2, 0.25) is 10.0 Å². The van der Waals surface area contributed by atoms with Crippen LogP contribution in [0, 0.1) is 0 Å². The summed E-state index contributed by atoms with van der Waals surface area (Å²) in [4.78, 5) is 28.0. The Hall–Kier alpha value is -3.65. The largest absolute Gasteiger partial charge is 0.352 e. The van der Waals surface area contributed by atoms with Gasteiger partial charge in [-0.05, 0) is 72.1 Å². The predicted octanol–water partition coefficient (Wildman–Crippen LogP) is 5.96. The lowest BCUT2D eigenvalue weighted by atomic mass is 10.1. The molecule has 0 bridgehead atoms. The summed E-state index contributed by atoms with van der Waals surface area (Å²) in [6, 6.07) is 24.8. The highest BCUT2D eigenvalue weighted by Gasteiger charge is 2.36. The van der Waals surface area contributed by atoms with Crippen LogP contribution < -0.4 is 10.2 Å². The Bertz CT molecular complexity index is 1650. The molecule has 0 radical (unpaired) electrons. The molecule has 0 atom stereocenters. The molecule has 4 aromatic carbocycles. The molecule has 4 aromatic rings. The number of rotatable bonds is 6. The first-order valence-corrected chi connectivity index (χ1v) is 14.0. The van der Waals surface area contributed by atoms with Gasteiger partial charge in [0.15, 0.2) is 0 Å². The van der Waals surface area contributed by atoms with Gasteiger partial charge in [-0.15, -0.1) is 0 Å². The van der Waals surface area contributed by atoms with E-state index in [9.17, 15) is 18.0 Å². The highest BCUT2D eigenvalue weighted by molar-refractivity contribution is 7.91. The molecule has 192 valence electrons. The average molecular weight is 565 g/mol. The smallest absolute Gasteiger partial charge is 0.259 e. The number of benzene rings is 4. The second kappa shape index (κ2) is 10.6. The zero-order valence-electron chi connectivity index (χ0n) is 20.0. The van der Waals surface area contributed by atoms with E-state index in [0.29, 0.717) is 28.6 Å². The van der Waals surface area contributed by atoms with Crippen molar-refractivity contribution >= 4 is 50.5 Å². The zero-order chi connectivity index (χ0) is 26.9. The molecule has 6 nitrogen and oxygen atoms in total. The predicted molar refractivity (Wildman–Crippen MR) is 148 cm³/mol. The van der Waals surface area contributed by atoms with Crippen molar-refractivity contribution in [2.24, 2.45) is 0 Å². The van der Waals surface area contributed by atoms with Crippen molar-refractivity contribution in [1.82, 2.24) is 5.32 Å². The van der Waals surface area contributed by atoms with Crippen molar-refractivity contribution in [3.8, 4) is 0 Å². The summed E-state index contributed by atoms with van der Waals surface area (Å²) in [6.07, 6.45) is 0.594. The van der Waals surface area contributed by atoms with E-state index in [1.807, 2.05) is 12.1 Å². The van der Waals surface area contributed by atoms with Crippen LogP contribution in [0.3, 0.4) is 0 Å². The lowest BCUT2D eigenvalue weighted by Gasteiger charge is -2.23. The van der Waals surface area contributed by atoms with Gasteiger partial charge in [-0.25, -0.2) is 8.42 Å². The van der Waals surface area contributed by atoms with Gasteiger partial charge in [0.1, 0.15) is 0 Å². The van der Waals surface area contributed by atoms with E-state index >= 15 is 0 Å². The second-order valence-corrected chi connectivity index (χ2v) is 11.6. The molecule has 1 heterocycles. The monoisotopic (exact) mass is 564 g/mol. The molecule has 1 aliphatic heterocycles. The van der Waals surface area contributed by atoms with Crippen LogP contribution in [0.4, 0.5) is 5.69 Å². The summed E-state index contributed by atoms with van der Waals surface area (Å²) in [7, 11) is -4.03. The van der Waals surface area contributed by atoms with Crippen LogP contribution in [-0.4, -0.2) is 26.8 Å². The number of hydrogen-bond acceptors (Lipinski definition) is 4. The molecule has 9 heteroatoms. The van der Waals surface area contributed by atoms with E-state index in [0.717, 1.165) is 5.56 Å². The second-order valence-electron chi connectivity index (χ2n) is 8.84. The Balaban J connectivity index is 1.51. The van der Waals surface area contributed by atoms with E-state index in [4.69, 9.17) is 23.2 Å². The molecule has 38 heavy (non-hydrogen) atoms. The topological polar surface area (TPSA) is 83.6 Å². The van der Waals surface area contributed by atoms with E-state index in [2.05, 4.69) is 5.32 Å². The molecule has 0 saturated heterocycles. The highest BCUT2D eigenvalue weighted by Crippen LogP contribution is 2.38.